The zero-order valence-electron chi connectivity index (χ0n) is 39.6. The van der Waals surface area contributed by atoms with Crippen LogP contribution in [0.5, 0.6) is 0 Å². The molecule has 71 heavy (non-hydrogen) atoms. The number of nitrogens with zero attached hydrogens (tertiary/aromatic N) is 2. The van der Waals surface area contributed by atoms with Crippen molar-refractivity contribution in [1.82, 2.24) is 20.9 Å². The van der Waals surface area contributed by atoms with E-state index >= 15 is 0 Å². The fourth-order valence-electron chi connectivity index (χ4n) is 5.75. The fraction of sp³-hybridized carbons (Fsp3) is 0.354. The highest BCUT2D eigenvalue weighted by molar-refractivity contribution is 6.33. The number of carboxylic acid groups (broad SMARTS) is 1. The summed E-state index contributed by atoms with van der Waals surface area (Å²) in [7, 11) is 0. The summed E-state index contributed by atoms with van der Waals surface area (Å²) < 4.78 is 52.1. The van der Waals surface area contributed by atoms with Gasteiger partial charge in [0.05, 0.1) is 19.7 Å². The van der Waals surface area contributed by atoms with Crippen LogP contribution in [-0.2, 0) is 65.5 Å². The van der Waals surface area contributed by atoms with Crippen LogP contribution in [0.4, 0.5) is 13.6 Å². The summed E-state index contributed by atoms with van der Waals surface area (Å²) in [4.78, 5) is 83.1. The topological polar surface area (TPSA) is 257 Å². The molecule has 2 atom stereocenters. The molecule has 19 nitrogen and oxygen atoms in total. The number of carboxylic acids is 1. The van der Waals surface area contributed by atoms with Gasteiger partial charge in [0.25, 0.3) is 0 Å². The predicted octanol–water partition coefficient (Wildman–Crippen LogP) is 6.12. The van der Waals surface area contributed by atoms with Crippen molar-refractivity contribution in [3.05, 3.63) is 118 Å². The van der Waals surface area contributed by atoms with Gasteiger partial charge < -0.3 is 39.0 Å². The first-order valence-corrected chi connectivity index (χ1v) is 22.1. The number of nitrogens with one attached hydrogen (secondary N) is 2. The van der Waals surface area contributed by atoms with Gasteiger partial charge in [-0.1, -0.05) is 71.7 Å². The molecule has 4 aromatic carbocycles. The van der Waals surface area contributed by atoms with Gasteiger partial charge in [0.1, 0.15) is 22.8 Å². The molecule has 0 aromatic heterocycles. The van der Waals surface area contributed by atoms with Crippen LogP contribution in [-0.4, -0.2) is 117 Å². The van der Waals surface area contributed by atoms with E-state index in [-0.39, 0.29) is 25.3 Å². The first kappa shape index (κ1) is 58.6. The number of carbonyl (C=O) groups excluding carboxylic acids is 6. The summed E-state index contributed by atoms with van der Waals surface area (Å²) in [6.45, 7) is 9.18. The molecule has 384 valence electrons. The summed E-state index contributed by atoms with van der Waals surface area (Å²) in [5.74, 6) is -8.16. The van der Waals surface area contributed by atoms with E-state index in [0.29, 0.717) is 37.9 Å². The minimum absolute atomic E-state index is 0.0445. The Labute approximate surface area is 417 Å². The van der Waals surface area contributed by atoms with Crippen LogP contribution in [0.1, 0.15) is 59.6 Å². The molecule has 0 heterocycles. The lowest BCUT2D eigenvalue weighted by molar-refractivity contribution is -0.168. The average molecular weight is 1040 g/mol. The monoisotopic (exact) mass is 1030 g/mol. The van der Waals surface area contributed by atoms with E-state index in [1.807, 2.05) is 0 Å². The molecule has 0 aliphatic rings. The third-order valence-electron chi connectivity index (χ3n) is 8.81. The average Bonchev–Trinajstić information content (AvgIpc) is 3.27. The van der Waals surface area contributed by atoms with Crippen molar-refractivity contribution in [1.29, 1.82) is 0 Å². The van der Waals surface area contributed by atoms with E-state index in [1.165, 1.54) is 36.4 Å². The minimum atomic E-state index is -1.81. The molecule has 0 saturated heterocycles. The van der Waals surface area contributed by atoms with Crippen molar-refractivity contribution in [2.45, 2.75) is 85.0 Å². The first-order valence-electron chi connectivity index (χ1n) is 21.4. The summed E-state index contributed by atoms with van der Waals surface area (Å²) in [5.41, 5.74) is 5.56. The van der Waals surface area contributed by atoms with Crippen LogP contribution in [0.3, 0.4) is 0 Å². The number of aliphatic hydroxyl groups excluding tert-OH is 2. The van der Waals surface area contributed by atoms with E-state index in [4.69, 9.17) is 37.8 Å². The number of hydrogen-bond acceptors (Lipinski definition) is 16. The van der Waals surface area contributed by atoms with Crippen LogP contribution in [0.25, 0.3) is 22.3 Å². The third-order valence-corrected chi connectivity index (χ3v) is 9.28. The lowest BCUT2D eigenvalue weighted by Crippen LogP contribution is -2.50. The van der Waals surface area contributed by atoms with Gasteiger partial charge in [0, 0.05) is 34.3 Å². The smallest absolute Gasteiger partial charge is 0.479 e. The normalized spacial score (nSPS) is 12.1. The lowest BCUT2D eigenvalue weighted by Gasteiger charge is -2.26. The summed E-state index contributed by atoms with van der Waals surface area (Å²) in [6, 6.07) is 21.4. The summed E-state index contributed by atoms with van der Waals surface area (Å²) in [5, 5.41) is 31.9. The Balaban J connectivity index is 0.000000383. The second kappa shape index (κ2) is 27.0. The molecule has 0 bridgehead atoms. The molecule has 5 N–H and O–H groups in total. The van der Waals surface area contributed by atoms with Gasteiger partial charge >= 0.3 is 41.8 Å². The highest BCUT2D eigenvalue weighted by atomic mass is 35.5. The predicted molar refractivity (Wildman–Crippen MR) is 251 cm³/mol. The molecule has 0 aliphatic carbocycles. The zero-order chi connectivity index (χ0) is 53.2. The molecule has 4 rings (SSSR count). The Bertz CT molecular complexity index is 2500. The van der Waals surface area contributed by atoms with Crippen LogP contribution in [0, 0.1) is 11.6 Å². The van der Waals surface area contributed by atoms with Gasteiger partial charge in [-0.15, -0.1) is 0 Å². The van der Waals surface area contributed by atoms with Crippen molar-refractivity contribution in [2.24, 2.45) is 0 Å². The number of rotatable bonds is 17. The maximum absolute atomic E-state index is 14.2. The number of esters is 3. The number of amides is 2. The molecule has 0 saturated carbocycles. The van der Waals surface area contributed by atoms with E-state index in [2.05, 4.69) is 25.1 Å². The van der Waals surface area contributed by atoms with Crippen LogP contribution in [0.15, 0.2) is 84.9 Å². The van der Waals surface area contributed by atoms with E-state index in [1.54, 1.807) is 97.0 Å². The number of carbonyl (C=O) groups is 7. The molecule has 0 fully saturated rings. The number of ether oxygens (including phenoxy) is 5. The van der Waals surface area contributed by atoms with E-state index < -0.39 is 96.8 Å². The largest absolute Gasteiger partial charge is 0.511 e. The molecule has 2 amide bonds. The Morgan fingerprint density at radius 2 is 1.00 bits per heavy atom. The number of aliphatic hydroxyl groups is 2. The molecule has 4 aromatic rings. The Kier molecular flexibility index (Phi) is 22.3. The fourth-order valence-corrected chi connectivity index (χ4v) is 6.09. The standard InChI is InChI=1S/C26H30ClFN2O9.C22H24ClFN2O6/c1-5-36-25(35)38-15-37-23(33)21(31)14-30(29-22(32)24(34)39-26(2,3)4)13-16-6-8-17(9-7-16)19-12-18(27)10-11-20(19)28;1-22(2,3)32-21(31)19(28)25-26(12-18(27)20(29)30)11-13-4-6-14(7-5-13)16-10-15(23)8-9-17(16)24/h6-12,21,31H,5,13-15H2,1-4H3,(H,29,32);4-10,18,27H,11-12H2,1-3H3,(H,25,28)(H,29,30)/t21-;18-/m11/s1. The molecule has 0 radical (unpaired) electrons. The molecule has 0 aliphatic heterocycles. The van der Waals surface area contributed by atoms with E-state index in [9.17, 15) is 52.6 Å². The molecular formula is C48H54Cl2F2N4O15. The summed E-state index contributed by atoms with van der Waals surface area (Å²) >= 11 is 11.9. The van der Waals surface area contributed by atoms with Gasteiger partial charge in [-0.05, 0) is 107 Å². The first-order chi connectivity index (χ1) is 33.1. The van der Waals surface area contributed by atoms with Crippen molar-refractivity contribution in [3.63, 3.8) is 0 Å². The van der Waals surface area contributed by atoms with E-state index in [0.717, 1.165) is 10.0 Å². The Morgan fingerprint density at radius 1 is 0.606 bits per heavy atom. The molecule has 23 heteroatoms. The lowest BCUT2D eigenvalue weighted by atomic mass is 10.0. The van der Waals surface area contributed by atoms with Gasteiger partial charge in [-0.3, -0.25) is 20.4 Å². The number of aliphatic carboxylic acids is 1. The maximum atomic E-state index is 14.2. The number of benzene rings is 4. The van der Waals surface area contributed by atoms with Gasteiger partial charge in [0.15, 0.2) is 12.2 Å². The Morgan fingerprint density at radius 3 is 1.37 bits per heavy atom. The minimum Gasteiger partial charge on any atom is -0.479 e. The summed E-state index contributed by atoms with van der Waals surface area (Å²) in [6.07, 6.45) is -4.68. The molecular weight excluding hydrogens is 981 g/mol. The number of hydrazine groups is 2. The Hall–Kier alpha value is -6.75. The van der Waals surface area contributed by atoms with Crippen LogP contribution >= 0.6 is 23.2 Å². The number of hydrogen-bond donors (Lipinski definition) is 5. The third kappa shape index (κ3) is 21.0. The highest BCUT2D eigenvalue weighted by Crippen LogP contribution is 2.28. The van der Waals surface area contributed by atoms with Crippen LogP contribution in [0.2, 0.25) is 10.0 Å². The van der Waals surface area contributed by atoms with Crippen molar-refractivity contribution in [3.8, 4) is 22.3 Å². The van der Waals surface area contributed by atoms with Gasteiger partial charge in [-0.25, -0.2) is 42.8 Å². The van der Waals surface area contributed by atoms with Crippen molar-refractivity contribution >= 4 is 65.0 Å². The van der Waals surface area contributed by atoms with Gasteiger partial charge in [-0.2, -0.15) is 0 Å². The zero-order valence-corrected chi connectivity index (χ0v) is 41.1. The van der Waals surface area contributed by atoms with Crippen molar-refractivity contribution in [2.75, 3.05) is 26.5 Å². The molecule has 0 spiro atoms. The second-order valence-electron chi connectivity index (χ2n) is 17.1. The maximum Gasteiger partial charge on any atom is 0.511 e. The molecule has 0 unspecified atom stereocenters. The quantitative estimate of drug-likeness (QED) is 0.0262. The van der Waals surface area contributed by atoms with Gasteiger partial charge in [0.2, 0.25) is 6.79 Å². The SMILES string of the molecule is CC(C)(C)OC(=O)C(=O)NN(Cc1ccc(-c2cc(Cl)ccc2F)cc1)C[C@@H](O)C(=O)O.CCOC(=O)OCOC(=O)[C@H](O)CN(Cc1ccc(-c2cc(Cl)ccc2F)cc1)NC(=O)C(=O)OC(C)(C)C. The second-order valence-corrected chi connectivity index (χ2v) is 17.9. The van der Waals surface area contributed by atoms with Crippen molar-refractivity contribution < 1.29 is 81.3 Å². The van der Waals surface area contributed by atoms with Crippen LogP contribution < -0.4 is 10.9 Å². The number of halogens is 4. The highest BCUT2D eigenvalue weighted by Gasteiger charge is 2.29.